The number of ether oxygens (including phenoxy) is 2. The summed E-state index contributed by atoms with van der Waals surface area (Å²) in [5.41, 5.74) is 0. The molecule has 1 atom stereocenters. The zero-order chi connectivity index (χ0) is 18.0. The molecule has 140 valence electrons. The second kappa shape index (κ2) is 10.9. The molecular weight excluding hydrogens is 352 g/mol. The van der Waals surface area contributed by atoms with Gasteiger partial charge >= 0.3 is 0 Å². The maximum Gasteiger partial charge on any atom is 0.266 e. The third kappa shape index (κ3) is 8.29. The lowest BCUT2D eigenvalue weighted by Gasteiger charge is -2.24. The molecule has 0 aromatic carbocycles. The Hall–Kier alpha value is -0.870. The number of thiophene rings is 1. The van der Waals surface area contributed by atoms with Crippen molar-refractivity contribution in [3.63, 3.8) is 0 Å². The van der Waals surface area contributed by atoms with Crippen LogP contribution in [0.2, 0.25) is 0 Å². The standard InChI is InChI=1S/C9H13NO5S2.C6H15N/c11-17(12,13)2-1-10-3-7-4-14-8-5-16-6-9(8)15-7;1-4-7(5-2)6-3/h5-7,10H,1-4H2,(H,11,12,13);4-6H2,1-3H3. The molecule has 0 spiro atoms. The maximum atomic E-state index is 10.5. The van der Waals surface area contributed by atoms with Crippen LogP contribution in [0, 0.1) is 0 Å². The molecule has 0 fully saturated rings. The van der Waals surface area contributed by atoms with Gasteiger partial charge in [0.05, 0.1) is 5.75 Å². The van der Waals surface area contributed by atoms with Crippen LogP contribution >= 0.6 is 11.3 Å². The van der Waals surface area contributed by atoms with Crippen molar-refractivity contribution in [3.05, 3.63) is 10.8 Å². The molecular formula is C15H28N2O5S2. The summed E-state index contributed by atoms with van der Waals surface area (Å²) in [6.45, 7) is 11.2. The van der Waals surface area contributed by atoms with Gasteiger partial charge in [-0.2, -0.15) is 8.42 Å². The number of hydrogen-bond donors (Lipinski definition) is 2. The van der Waals surface area contributed by atoms with Crippen molar-refractivity contribution >= 4 is 21.5 Å². The molecule has 1 aromatic rings. The lowest BCUT2D eigenvalue weighted by Crippen LogP contribution is -2.39. The highest BCUT2D eigenvalue weighted by Gasteiger charge is 2.21. The second-order valence-corrected chi connectivity index (χ2v) is 7.58. The second-order valence-electron chi connectivity index (χ2n) is 5.26. The normalized spacial score (nSPS) is 16.6. The molecule has 0 aliphatic carbocycles. The Balaban J connectivity index is 0.000000351. The maximum absolute atomic E-state index is 10.5. The summed E-state index contributed by atoms with van der Waals surface area (Å²) >= 11 is 1.51. The van der Waals surface area contributed by atoms with Crippen molar-refractivity contribution in [3.8, 4) is 11.5 Å². The third-order valence-corrected chi connectivity index (χ3v) is 4.98. The van der Waals surface area contributed by atoms with Gasteiger partial charge in [-0.1, -0.05) is 20.8 Å². The Morgan fingerprint density at radius 1 is 1.25 bits per heavy atom. The molecule has 0 radical (unpaired) electrons. The van der Waals surface area contributed by atoms with E-state index in [-0.39, 0.29) is 18.4 Å². The van der Waals surface area contributed by atoms with Crippen molar-refractivity contribution in [2.24, 2.45) is 0 Å². The fourth-order valence-electron chi connectivity index (χ4n) is 2.10. The molecule has 2 heterocycles. The zero-order valence-corrected chi connectivity index (χ0v) is 16.2. The van der Waals surface area contributed by atoms with Crippen LogP contribution in [0.1, 0.15) is 20.8 Å². The van der Waals surface area contributed by atoms with Crippen LogP contribution in [0.4, 0.5) is 0 Å². The topological polar surface area (TPSA) is 88.1 Å². The summed E-state index contributed by atoms with van der Waals surface area (Å²) in [6.07, 6.45) is -0.140. The van der Waals surface area contributed by atoms with Gasteiger partial charge in [0, 0.05) is 23.8 Å². The minimum absolute atomic E-state index is 0.140. The minimum atomic E-state index is -3.90. The smallest absolute Gasteiger partial charge is 0.266 e. The molecule has 1 unspecified atom stereocenters. The van der Waals surface area contributed by atoms with Crippen molar-refractivity contribution in [1.82, 2.24) is 10.2 Å². The average molecular weight is 381 g/mol. The van der Waals surface area contributed by atoms with Crippen LogP contribution in [-0.2, 0) is 10.1 Å². The van der Waals surface area contributed by atoms with Gasteiger partial charge in [0.15, 0.2) is 11.5 Å². The highest BCUT2D eigenvalue weighted by Crippen LogP contribution is 2.34. The van der Waals surface area contributed by atoms with Gasteiger partial charge in [-0.15, -0.1) is 11.3 Å². The highest BCUT2D eigenvalue weighted by atomic mass is 32.2. The van der Waals surface area contributed by atoms with Gasteiger partial charge in [0.1, 0.15) is 12.7 Å². The highest BCUT2D eigenvalue weighted by molar-refractivity contribution is 7.85. The fraction of sp³-hybridized carbons (Fsp3) is 0.733. The first-order valence-corrected chi connectivity index (χ1v) is 10.7. The number of nitrogens with zero attached hydrogens (tertiary/aromatic N) is 1. The van der Waals surface area contributed by atoms with Gasteiger partial charge in [0.2, 0.25) is 0 Å². The van der Waals surface area contributed by atoms with Crippen molar-refractivity contribution < 1.29 is 22.4 Å². The fourth-order valence-corrected chi connectivity index (χ4v) is 3.17. The van der Waals surface area contributed by atoms with E-state index in [1.165, 1.54) is 31.0 Å². The van der Waals surface area contributed by atoms with E-state index in [1.54, 1.807) is 0 Å². The lowest BCUT2D eigenvalue weighted by atomic mass is 10.3. The predicted octanol–water partition coefficient (Wildman–Crippen LogP) is 1.71. The Labute approximate surface area is 148 Å². The quantitative estimate of drug-likeness (QED) is 0.524. The van der Waals surface area contributed by atoms with Crippen LogP contribution in [0.25, 0.3) is 0 Å². The molecule has 0 bridgehead atoms. The monoisotopic (exact) mass is 380 g/mol. The third-order valence-electron chi connectivity index (χ3n) is 3.56. The van der Waals surface area contributed by atoms with Crippen LogP contribution in [-0.4, -0.2) is 69.1 Å². The van der Waals surface area contributed by atoms with E-state index in [0.29, 0.717) is 13.2 Å². The van der Waals surface area contributed by atoms with Gasteiger partial charge < -0.3 is 19.7 Å². The number of rotatable bonds is 8. The zero-order valence-electron chi connectivity index (χ0n) is 14.5. The van der Waals surface area contributed by atoms with Gasteiger partial charge in [-0.3, -0.25) is 4.55 Å². The van der Waals surface area contributed by atoms with Gasteiger partial charge in [-0.05, 0) is 19.6 Å². The predicted molar refractivity (Wildman–Crippen MR) is 97.0 cm³/mol. The summed E-state index contributed by atoms with van der Waals surface area (Å²) < 4.78 is 40.5. The molecule has 1 aromatic heterocycles. The van der Waals surface area contributed by atoms with E-state index in [1.807, 2.05) is 10.8 Å². The summed E-state index contributed by atoms with van der Waals surface area (Å²) in [5.74, 6) is 1.18. The van der Waals surface area contributed by atoms with E-state index in [2.05, 4.69) is 31.0 Å². The van der Waals surface area contributed by atoms with E-state index in [9.17, 15) is 8.42 Å². The lowest BCUT2D eigenvalue weighted by molar-refractivity contribution is 0.0923. The SMILES string of the molecule is CCN(CC)CC.O=S(=O)(O)CCNCC1COc2cscc2O1. The number of fused-ring (bicyclic) bond motifs is 1. The summed E-state index contributed by atoms with van der Waals surface area (Å²) in [5, 5.41) is 6.63. The Morgan fingerprint density at radius 3 is 2.42 bits per heavy atom. The van der Waals surface area contributed by atoms with Crippen LogP contribution in [0.5, 0.6) is 11.5 Å². The van der Waals surface area contributed by atoms with E-state index in [0.717, 1.165) is 11.5 Å². The molecule has 24 heavy (non-hydrogen) atoms. The first-order chi connectivity index (χ1) is 11.4. The first kappa shape index (κ1) is 21.2. The molecule has 1 aliphatic rings. The Bertz CT molecular complexity index is 552. The molecule has 1 aliphatic heterocycles. The van der Waals surface area contributed by atoms with Crippen LogP contribution < -0.4 is 14.8 Å². The first-order valence-electron chi connectivity index (χ1n) is 8.13. The molecule has 0 amide bonds. The van der Waals surface area contributed by atoms with E-state index < -0.39 is 10.1 Å². The minimum Gasteiger partial charge on any atom is -0.485 e. The molecule has 9 heteroatoms. The van der Waals surface area contributed by atoms with Crippen LogP contribution in [0.15, 0.2) is 10.8 Å². The molecule has 0 saturated heterocycles. The van der Waals surface area contributed by atoms with Gasteiger partial charge in [0.25, 0.3) is 10.1 Å². The largest absolute Gasteiger partial charge is 0.485 e. The Morgan fingerprint density at radius 2 is 1.88 bits per heavy atom. The van der Waals surface area contributed by atoms with Gasteiger partial charge in [-0.25, -0.2) is 0 Å². The number of hydrogen-bond acceptors (Lipinski definition) is 7. The molecule has 2 N–H and O–H groups in total. The summed E-state index contributed by atoms with van der Waals surface area (Å²) in [7, 11) is -3.90. The van der Waals surface area contributed by atoms with Crippen molar-refractivity contribution in [2.75, 3.05) is 45.1 Å². The van der Waals surface area contributed by atoms with E-state index >= 15 is 0 Å². The average Bonchev–Trinajstić information content (AvgIpc) is 3.01. The summed E-state index contributed by atoms with van der Waals surface area (Å²) in [4.78, 5) is 2.38. The Kier molecular flexibility index (Phi) is 9.60. The molecule has 2 rings (SSSR count). The van der Waals surface area contributed by atoms with E-state index in [4.69, 9.17) is 14.0 Å². The van der Waals surface area contributed by atoms with Crippen LogP contribution in [0.3, 0.4) is 0 Å². The summed E-state index contributed by atoms with van der Waals surface area (Å²) in [6, 6.07) is 0. The molecule has 0 saturated carbocycles. The molecule has 7 nitrogen and oxygen atoms in total. The number of nitrogens with one attached hydrogen (secondary N) is 1. The van der Waals surface area contributed by atoms with Crippen molar-refractivity contribution in [2.45, 2.75) is 26.9 Å². The van der Waals surface area contributed by atoms with Crippen molar-refractivity contribution in [1.29, 1.82) is 0 Å².